The largest absolute Gasteiger partial charge is 1.00 e. The number of para-hydroxylation sites is 4. The minimum absolute atomic E-state index is 0. The molecular weight excluding hydrogens is 936 g/mol. The van der Waals surface area contributed by atoms with Gasteiger partial charge >= 0.3 is 34.0 Å². The zero-order valence-electron chi connectivity index (χ0n) is 34.0. The molecule has 10 aromatic rings. The van der Waals surface area contributed by atoms with Crippen molar-refractivity contribution < 1.29 is 26.5 Å². The van der Waals surface area contributed by atoms with Gasteiger partial charge in [0.15, 0.2) is 16.8 Å². The van der Waals surface area contributed by atoms with Crippen molar-refractivity contribution in [2.75, 3.05) is 14.2 Å². The maximum atomic E-state index is 12.7. The number of nitrogens with zero attached hydrogens (tertiary/aromatic N) is 10. The van der Waals surface area contributed by atoms with E-state index < -0.39 is 22.5 Å². The SMILES string of the molecule is COc1ccccc1-n1c(-c2ccccc2)c(Br)n2c3c(=O)[nH]c(=O)n(C)c3nc12.[C-]#N.[C-]#[N+]c1c(-c2ccccc2)n(-c2ccccc2OC)c2nc3c(c(=O)[nH]c(=O)n3C)n12.[Cu+]. The molecule has 20 heteroatoms. The molecule has 2 N–H and O–H groups in total. The molecule has 0 radical (unpaired) electrons. The number of imidazole rings is 4. The molecule has 6 aromatic heterocycles. The third-order valence-corrected chi connectivity index (χ3v) is 11.0. The second-order valence-corrected chi connectivity index (χ2v) is 14.4. The molecule has 6 heterocycles. The average Bonchev–Trinajstić information content (AvgIpc) is 4.06. The fourth-order valence-corrected chi connectivity index (χ4v) is 8.26. The molecule has 0 aliphatic rings. The molecule has 0 fully saturated rings. The van der Waals surface area contributed by atoms with Crippen LogP contribution in [0, 0.1) is 18.4 Å². The predicted molar refractivity (Wildman–Crippen MR) is 239 cm³/mol. The van der Waals surface area contributed by atoms with Gasteiger partial charge in [-0.25, -0.2) is 14.0 Å². The number of rotatable bonds is 6. The molecule has 0 aliphatic carbocycles. The van der Waals surface area contributed by atoms with E-state index in [4.69, 9.17) is 27.9 Å². The van der Waals surface area contributed by atoms with Gasteiger partial charge in [-0.3, -0.25) is 42.2 Å². The molecule has 18 nitrogen and oxygen atoms in total. The van der Waals surface area contributed by atoms with Crippen molar-refractivity contribution in [1.82, 2.24) is 47.0 Å². The Kier molecular flexibility index (Phi) is 12.1. The van der Waals surface area contributed by atoms with Gasteiger partial charge in [-0.1, -0.05) is 91.5 Å². The van der Waals surface area contributed by atoms with E-state index in [0.29, 0.717) is 44.7 Å². The Balaban J connectivity index is 0.000000182. The number of nitrogens with one attached hydrogen (secondary N) is 2. The number of aryl methyl sites for hydroxylation is 2. The van der Waals surface area contributed by atoms with Crippen molar-refractivity contribution in [3.05, 3.63) is 173 Å². The Morgan fingerprint density at radius 1 is 0.609 bits per heavy atom. The summed E-state index contributed by atoms with van der Waals surface area (Å²) in [6.07, 6.45) is 0. The Morgan fingerprint density at radius 3 is 1.45 bits per heavy atom. The van der Waals surface area contributed by atoms with Gasteiger partial charge in [0, 0.05) is 19.7 Å². The standard InChI is InChI=1S/C22H16N6O3.C21H16BrN5O3.CN.Cu/c1-23-18-16(13-9-5-4-6-10-13)27(14-11-7-8-12-15(14)31-3)21-24-19-17(28(18)21)20(29)25-22(30)26(19)2;1-25-18-16(19(28)24-21(25)29)27-17(22)15(12-8-4-3-5-9-12)26(20(27)23-18)13-10-6-7-11-14(13)30-2;1-2;/h4-12H,2-3H3,(H,25,29,30);3-11H,1-2H3,(H,24,28,29);;/q;;-1;+1. The van der Waals surface area contributed by atoms with Gasteiger partial charge < -0.3 is 26.2 Å². The summed E-state index contributed by atoms with van der Waals surface area (Å²) in [4.78, 5) is 67.4. The molecule has 10 rings (SSSR count). The van der Waals surface area contributed by atoms with E-state index in [1.807, 2.05) is 114 Å². The Bertz CT molecular complexity index is 3720. The monoisotopic (exact) mass is 966 g/mol. The number of ether oxygens (including phenoxy) is 2. The first-order valence-electron chi connectivity index (χ1n) is 18.7. The van der Waals surface area contributed by atoms with Crippen molar-refractivity contribution in [1.29, 1.82) is 5.26 Å². The van der Waals surface area contributed by atoms with Crippen LogP contribution < -0.4 is 32.0 Å². The number of halogens is 1. The summed E-state index contributed by atoms with van der Waals surface area (Å²) in [5.74, 6) is 2.24. The zero-order valence-corrected chi connectivity index (χ0v) is 36.5. The molecule has 322 valence electrons. The van der Waals surface area contributed by atoms with Crippen molar-refractivity contribution in [2.24, 2.45) is 14.1 Å². The fraction of sp³-hybridized carbons (Fsp3) is 0.0909. The van der Waals surface area contributed by atoms with E-state index in [1.54, 1.807) is 30.2 Å². The zero-order chi connectivity index (χ0) is 44.7. The fourth-order valence-electron chi connectivity index (χ4n) is 7.52. The average molecular weight is 968 g/mol. The van der Waals surface area contributed by atoms with E-state index >= 15 is 0 Å². The number of aromatic amines is 2. The molecule has 0 atom stereocenters. The minimum Gasteiger partial charge on any atom is -0.512 e. The summed E-state index contributed by atoms with van der Waals surface area (Å²) in [5, 5.41) is 6.25. The van der Waals surface area contributed by atoms with E-state index in [-0.39, 0.29) is 39.6 Å². The number of hydrogen-bond donors (Lipinski definition) is 2. The number of hydrogen-bond acceptors (Lipinski definition) is 9. The first-order chi connectivity index (χ1) is 30.6. The molecule has 4 aromatic carbocycles. The van der Waals surface area contributed by atoms with Crippen LogP contribution in [0.4, 0.5) is 5.82 Å². The van der Waals surface area contributed by atoms with Crippen molar-refractivity contribution >= 4 is 55.6 Å². The topological polar surface area (TPSA) is 201 Å². The third-order valence-electron chi connectivity index (χ3n) is 10.3. The van der Waals surface area contributed by atoms with E-state index in [2.05, 4.69) is 40.7 Å². The summed E-state index contributed by atoms with van der Waals surface area (Å²) < 4.78 is 21.3. The third kappa shape index (κ3) is 6.88. The van der Waals surface area contributed by atoms with Gasteiger partial charge in [0.25, 0.3) is 17.2 Å². The molecule has 0 unspecified atom stereocenters. The van der Waals surface area contributed by atoms with E-state index in [0.717, 1.165) is 22.5 Å². The molecule has 0 aliphatic heterocycles. The van der Waals surface area contributed by atoms with E-state index in [9.17, 15) is 19.2 Å². The quantitative estimate of drug-likeness (QED) is 0.146. The number of fused-ring (bicyclic) bond motifs is 6. The van der Waals surface area contributed by atoms with Crippen LogP contribution in [0.25, 0.3) is 72.6 Å². The Morgan fingerprint density at radius 2 is 1.00 bits per heavy atom. The van der Waals surface area contributed by atoms with Crippen LogP contribution in [0.5, 0.6) is 11.5 Å². The van der Waals surface area contributed by atoms with Crippen molar-refractivity contribution in [3.8, 4) is 45.4 Å². The van der Waals surface area contributed by atoms with Crippen LogP contribution >= 0.6 is 15.9 Å². The number of H-pyrrole nitrogens is 2. The van der Waals surface area contributed by atoms with Crippen LogP contribution in [0.3, 0.4) is 0 Å². The Labute approximate surface area is 379 Å². The summed E-state index contributed by atoms with van der Waals surface area (Å²) >= 11 is 3.68. The molecular formula is C44H32BrCuN12O6. The summed E-state index contributed by atoms with van der Waals surface area (Å²) in [6, 6.07) is 34.1. The van der Waals surface area contributed by atoms with Gasteiger partial charge in [0.2, 0.25) is 11.3 Å². The second kappa shape index (κ2) is 17.7. The van der Waals surface area contributed by atoms with Crippen LogP contribution in [0.2, 0.25) is 0 Å². The van der Waals surface area contributed by atoms with Gasteiger partial charge in [0.1, 0.15) is 16.1 Å². The molecule has 0 spiro atoms. The minimum atomic E-state index is -0.604. The van der Waals surface area contributed by atoms with Gasteiger partial charge in [0.05, 0.1) is 37.0 Å². The maximum Gasteiger partial charge on any atom is 1.00 e. The van der Waals surface area contributed by atoms with Gasteiger partial charge in [-0.15, -0.1) is 0 Å². The van der Waals surface area contributed by atoms with Crippen LogP contribution in [-0.2, 0) is 31.2 Å². The Hall–Kier alpha value is -8.16. The summed E-state index contributed by atoms with van der Waals surface area (Å²) in [7, 11) is 6.27. The summed E-state index contributed by atoms with van der Waals surface area (Å²) in [5.41, 5.74) is 3.19. The molecule has 0 saturated carbocycles. The molecule has 0 amide bonds. The van der Waals surface area contributed by atoms with Crippen molar-refractivity contribution in [3.63, 3.8) is 0 Å². The first-order valence-corrected chi connectivity index (χ1v) is 19.5. The predicted octanol–water partition coefficient (Wildman–Crippen LogP) is 6.09. The number of benzene rings is 4. The summed E-state index contributed by atoms with van der Waals surface area (Å²) in [6.45, 7) is 12.7. The second-order valence-electron chi connectivity index (χ2n) is 13.6. The normalized spacial score (nSPS) is 10.8. The van der Waals surface area contributed by atoms with Gasteiger partial charge in [-0.05, 0) is 45.8 Å². The van der Waals surface area contributed by atoms with Crippen LogP contribution in [-0.4, -0.2) is 61.2 Å². The maximum absolute atomic E-state index is 12.7. The van der Waals surface area contributed by atoms with Crippen molar-refractivity contribution in [2.45, 2.75) is 0 Å². The van der Waals surface area contributed by atoms with Gasteiger partial charge in [-0.2, -0.15) is 9.97 Å². The molecule has 0 bridgehead atoms. The molecule has 0 saturated heterocycles. The van der Waals surface area contributed by atoms with Crippen LogP contribution in [0.1, 0.15) is 0 Å². The number of aromatic nitrogens is 10. The first kappa shape index (κ1) is 43.9. The smallest absolute Gasteiger partial charge is 0.512 e. The molecule has 64 heavy (non-hydrogen) atoms. The number of methoxy groups -OCH3 is 2. The van der Waals surface area contributed by atoms with Crippen LogP contribution in [0.15, 0.2) is 133 Å². The van der Waals surface area contributed by atoms with E-state index in [1.165, 1.54) is 20.6 Å².